The third kappa shape index (κ3) is 21.5. The minimum absolute atomic E-state index is 0.0726. The van der Waals surface area contributed by atoms with Crippen molar-refractivity contribution in [2.75, 3.05) is 0 Å². The lowest BCUT2D eigenvalue weighted by Crippen LogP contribution is -2.08. The van der Waals surface area contributed by atoms with Gasteiger partial charge in [-0.2, -0.15) is 0 Å². The van der Waals surface area contributed by atoms with Gasteiger partial charge < -0.3 is 13.8 Å². The molecule has 0 bridgehead atoms. The second-order valence-corrected chi connectivity index (χ2v) is 9.36. The van der Waals surface area contributed by atoms with Crippen LogP contribution < -0.4 is 0 Å². The molecule has 3 nitrogen and oxygen atoms in total. The molecule has 0 spiro atoms. The van der Waals surface area contributed by atoms with Crippen LogP contribution in [0.2, 0.25) is 0 Å². The largest absolute Gasteiger partial charge is 0.355 e. The van der Waals surface area contributed by atoms with E-state index >= 15 is 0 Å². The molecule has 0 amide bonds. The molecule has 0 aliphatic rings. The zero-order valence-corrected chi connectivity index (χ0v) is 22.2. The summed E-state index contributed by atoms with van der Waals surface area (Å²) < 4.78 is 11.3. The summed E-state index contributed by atoms with van der Waals surface area (Å²) in [6.45, 7) is 3.90. The summed E-state index contributed by atoms with van der Waals surface area (Å²) in [4.78, 5) is 10.9. The van der Waals surface area contributed by atoms with E-state index in [0.29, 0.717) is 20.4 Å². The molecule has 170 valence electrons. The van der Waals surface area contributed by atoms with E-state index in [-0.39, 0.29) is 6.10 Å². The zero-order valence-electron chi connectivity index (χ0n) is 18.8. The summed E-state index contributed by atoms with van der Waals surface area (Å²) >= 11 is 0. The molecule has 0 saturated heterocycles. The summed E-state index contributed by atoms with van der Waals surface area (Å²) in [6, 6.07) is 0. The summed E-state index contributed by atoms with van der Waals surface area (Å²) in [7, 11) is 5.56. The van der Waals surface area contributed by atoms with Crippen molar-refractivity contribution in [1.82, 2.24) is 0 Å². The van der Waals surface area contributed by atoms with Crippen molar-refractivity contribution in [1.29, 1.82) is 0 Å². The maximum atomic E-state index is 10.9. The van der Waals surface area contributed by atoms with E-state index in [1.165, 1.54) is 64.2 Å². The fourth-order valence-electron chi connectivity index (χ4n) is 3.34. The van der Waals surface area contributed by atoms with E-state index in [1.807, 2.05) is 0 Å². The third-order valence-corrected chi connectivity index (χ3v) is 6.32. The van der Waals surface area contributed by atoms with Crippen LogP contribution in [0, 0.1) is 11.8 Å². The number of carbonyl (C=O) groups excluding carboxylic acids is 1. The van der Waals surface area contributed by atoms with Crippen LogP contribution >= 0.6 is 26.9 Å². The third-order valence-electron chi connectivity index (χ3n) is 5.11. The molecule has 0 aliphatic carbocycles. The Bertz CT molecular complexity index is 435. The number of ketones is 1. The fraction of sp³-hybridized carbons (Fsp3) is 0.870. The SMILES string of the molecule is CCCCCC(C#CCCCCC(CCCCCCCCC(C)=O)OPP)OP. The molecule has 6 heteroatoms. The van der Waals surface area contributed by atoms with Crippen LogP contribution in [0.5, 0.6) is 0 Å². The molecule has 0 aromatic carbocycles. The van der Waals surface area contributed by atoms with Crippen LogP contribution in [-0.4, -0.2) is 18.0 Å². The van der Waals surface area contributed by atoms with Crippen molar-refractivity contribution in [2.24, 2.45) is 0 Å². The number of hydrogen-bond acceptors (Lipinski definition) is 3. The van der Waals surface area contributed by atoms with Crippen LogP contribution in [0.1, 0.15) is 117 Å². The fourth-order valence-corrected chi connectivity index (χ4v) is 4.55. The van der Waals surface area contributed by atoms with Crippen LogP contribution in [0.15, 0.2) is 0 Å². The average molecular weight is 463 g/mol. The Balaban J connectivity index is 3.77. The van der Waals surface area contributed by atoms with E-state index in [4.69, 9.17) is 9.05 Å². The second kappa shape index (κ2) is 23.1. The molecule has 29 heavy (non-hydrogen) atoms. The maximum Gasteiger partial charge on any atom is 0.129 e. The molecule has 0 N–H and O–H groups in total. The predicted molar refractivity (Wildman–Crippen MR) is 135 cm³/mol. The molecule has 0 fully saturated rings. The van der Waals surface area contributed by atoms with Crippen LogP contribution in [0.25, 0.3) is 0 Å². The van der Waals surface area contributed by atoms with Crippen molar-refractivity contribution >= 4 is 32.7 Å². The Hall–Kier alpha value is 0.440. The molecular weight excluding hydrogens is 417 g/mol. The number of carbonyl (C=O) groups is 1. The lowest BCUT2D eigenvalue weighted by Gasteiger charge is -2.16. The topological polar surface area (TPSA) is 35.5 Å². The maximum absolute atomic E-state index is 10.9. The summed E-state index contributed by atoms with van der Waals surface area (Å²) in [6.07, 6.45) is 18.8. The minimum Gasteiger partial charge on any atom is -0.355 e. The second-order valence-electron chi connectivity index (χ2n) is 7.91. The van der Waals surface area contributed by atoms with Crippen LogP contribution in [0.4, 0.5) is 0 Å². The van der Waals surface area contributed by atoms with Gasteiger partial charge in [0.25, 0.3) is 0 Å². The molecule has 5 atom stereocenters. The van der Waals surface area contributed by atoms with E-state index in [0.717, 1.165) is 38.5 Å². The molecule has 0 aliphatic heterocycles. The van der Waals surface area contributed by atoms with Gasteiger partial charge in [0.05, 0.1) is 6.10 Å². The van der Waals surface area contributed by atoms with E-state index < -0.39 is 0 Å². The smallest absolute Gasteiger partial charge is 0.129 e. The first-order chi connectivity index (χ1) is 14.1. The minimum atomic E-state index is 0.0726. The highest BCUT2D eigenvalue weighted by Crippen LogP contribution is 2.28. The summed E-state index contributed by atoms with van der Waals surface area (Å²) in [5, 5.41) is 0. The quantitative estimate of drug-likeness (QED) is 0.105. The molecule has 0 aromatic rings. The van der Waals surface area contributed by atoms with E-state index in [9.17, 15) is 4.79 Å². The van der Waals surface area contributed by atoms with Gasteiger partial charge in [-0.05, 0) is 51.9 Å². The molecule has 0 saturated carbocycles. The average Bonchev–Trinajstić information content (AvgIpc) is 2.70. The first kappa shape index (κ1) is 29.4. The summed E-state index contributed by atoms with van der Waals surface area (Å²) in [5.41, 5.74) is 0. The van der Waals surface area contributed by atoms with Gasteiger partial charge in [0, 0.05) is 30.8 Å². The van der Waals surface area contributed by atoms with Crippen molar-refractivity contribution < 1.29 is 13.8 Å². The number of rotatable bonds is 20. The first-order valence-corrected chi connectivity index (χ1v) is 14.8. The normalized spacial score (nSPS) is 13.4. The predicted octanol–water partition coefficient (Wildman–Crippen LogP) is 7.78. The molecule has 0 rings (SSSR count). The Morgan fingerprint density at radius 1 is 0.931 bits per heavy atom. The Kier molecular flexibility index (Phi) is 23.5. The molecular formula is C23H45O3P3. The van der Waals surface area contributed by atoms with Crippen molar-refractivity contribution in [3.63, 3.8) is 0 Å². The van der Waals surface area contributed by atoms with Gasteiger partial charge in [0.1, 0.15) is 11.9 Å². The lowest BCUT2D eigenvalue weighted by atomic mass is 10.0. The molecule has 0 aromatic heterocycles. The Morgan fingerprint density at radius 2 is 1.55 bits per heavy atom. The zero-order chi connectivity index (χ0) is 21.6. The number of Topliss-reactive ketones (excluding diaryl/α,β-unsaturated/α-hetero) is 1. The molecule has 5 unspecified atom stereocenters. The van der Waals surface area contributed by atoms with Crippen molar-refractivity contribution in [3.05, 3.63) is 0 Å². The van der Waals surface area contributed by atoms with Crippen LogP contribution in [-0.2, 0) is 13.8 Å². The van der Waals surface area contributed by atoms with Gasteiger partial charge in [-0.15, -0.1) is 5.92 Å². The van der Waals surface area contributed by atoms with Crippen LogP contribution in [0.3, 0.4) is 0 Å². The van der Waals surface area contributed by atoms with E-state index in [2.05, 4.69) is 37.2 Å². The van der Waals surface area contributed by atoms with Gasteiger partial charge in [0.15, 0.2) is 0 Å². The standard InChI is InChI=1S/C23H45O3P3/c1-3-4-11-17-22(25-27)18-13-9-10-15-20-23(26-29-28)19-14-8-6-5-7-12-16-21(2)24/h22-23,29H,3-12,14-17,19-20,27-28H2,1-2H3. The van der Waals surface area contributed by atoms with Gasteiger partial charge in [-0.3, -0.25) is 0 Å². The number of unbranched alkanes of at least 4 members (excludes halogenated alkanes) is 9. The van der Waals surface area contributed by atoms with Gasteiger partial charge in [0.2, 0.25) is 0 Å². The molecule has 0 radical (unpaired) electrons. The highest BCUT2D eigenvalue weighted by Gasteiger charge is 2.08. The first-order valence-electron chi connectivity index (χ1n) is 11.6. The van der Waals surface area contributed by atoms with E-state index in [1.54, 1.807) is 6.92 Å². The Morgan fingerprint density at radius 3 is 2.17 bits per heavy atom. The van der Waals surface area contributed by atoms with Gasteiger partial charge in [-0.25, -0.2) is 0 Å². The monoisotopic (exact) mass is 462 g/mol. The Labute approximate surface area is 187 Å². The van der Waals surface area contributed by atoms with Crippen molar-refractivity contribution in [3.8, 4) is 11.8 Å². The van der Waals surface area contributed by atoms with Gasteiger partial charge in [-0.1, -0.05) is 66.7 Å². The number of hydrogen-bond donors (Lipinski definition) is 0. The molecule has 0 heterocycles. The lowest BCUT2D eigenvalue weighted by molar-refractivity contribution is -0.117. The van der Waals surface area contributed by atoms with Gasteiger partial charge >= 0.3 is 0 Å². The van der Waals surface area contributed by atoms with Crippen molar-refractivity contribution in [2.45, 2.75) is 129 Å². The highest BCUT2D eigenvalue weighted by atomic mass is 32.0. The summed E-state index contributed by atoms with van der Waals surface area (Å²) in [5.74, 6) is 6.88. The highest BCUT2D eigenvalue weighted by molar-refractivity contribution is 8.00.